The highest BCUT2D eigenvalue weighted by Crippen LogP contribution is 2.11. The summed E-state index contributed by atoms with van der Waals surface area (Å²) in [6, 6.07) is 10.3. The SMILES string of the molecule is CCCC(=O)OC.CSc1ccccc1. The van der Waals surface area contributed by atoms with Gasteiger partial charge in [0.2, 0.25) is 0 Å². The molecule has 0 fully saturated rings. The molecule has 2 nitrogen and oxygen atoms in total. The molecule has 84 valence electrons. The topological polar surface area (TPSA) is 26.3 Å². The maximum Gasteiger partial charge on any atom is 0.305 e. The molecule has 0 amide bonds. The lowest BCUT2D eigenvalue weighted by Gasteiger charge is -1.91. The van der Waals surface area contributed by atoms with Gasteiger partial charge in [0.15, 0.2) is 0 Å². The second-order valence-corrected chi connectivity index (χ2v) is 3.72. The molecule has 0 bridgehead atoms. The van der Waals surface area contributed by atoms with E-state index in [9.17, 15) is 4.79 Å². The minimum atomic E-state index is -0.123. The molecule has 0 heterocycles. The van der Waals surface area contributed by atoms with Gasteiger partial charge < -0.3 is 4.74 Å². The van der Waals surface area contributed by atoms with Crippen LogP contribution < -0.4 is 0 Å². The lowest BCUT2D eigenvalue weighted by atomic mass is 10.3. The number of hydrogen-bond acceptors (Lipinski definition) is 3. The zero-order valence-corrected chi connectivity index (χ0v) is 10.3. The Labute approximate surface area is 96.0 Å². The van der Waals surface area contributed by atoms with Crippen LogP contribution in [0, 0.1) is 0 Å². The third-order valence-electron chi connectivity index (χ3n) is 1.66. The van der Waals surface area contributed by atoms with Crippen LogP contribution in [0.15, 0.2) is 35.2 Å². The van der Waals surface area contributed by atoms with Crippen LogP contribution in [0.25, 0.3) is 0 Å². The van der Waals surface area contributed by atoms with Crippen LogP contribution in [0.2, 0.25) is 0 Å². The predicted molar refractivity (Wildman–Crippen MR) is 65.1 cm³/mol. The van der Waals surface area contributed by atoms with E-state index in [2.05, 4.69) is 23.1 Å². The van der Waals surface area contributed by atoms with E-state index in [4.69, 9.17) is 0 Å². The van der Waals surface area contributed by atoms with Crippen LogP contribution in [0.4, 0.5) is 0 Å². The molecule has 0 atom stereocenters. The smallest absolute Gasteiger partial charge is 0.305 e. The van der Waals surface area contributed by atoms with Crippen molar-refractivity contribution in [3.63, 3.8) is 0 Å². The molecular weight excluding hydrogens is 208 g/mol. The first-order valence-corrected chi connectivity index (χ1v) is 6.12. The van der Waals surface area contributed by atoms with Crippen LogP contribution in [0.1, 0.15) is 19.8 Å². The summed E-state index contributed by atoms with van der Waals surface area (Å²) < 4.78 is 4.35. The summed E-state index contributed by atoms with van der Waals surface area (Å²) in [4.78, 5) is 11.5. The molecule has 0 aliphatic rings. The summed E-state index contributed by atoms with van der Waals surface area (Å²) in [6.07, 6.45) is 3.48. The average Bonchev–Trinajstić information content (AvgIpc) is 2.31. The van der Waals surface area contributed by atoms with E-state index in [1.54, 1.807) is 11.8 Å². The van der Waals surface area contributed by atoms with Gasteiger partial charge in [0.25, 0.3) is 0 Å². The van der Waals surface area contributed by atoms with E-state index in [1.807, 2.05) is 25.1 Å². The van der Waals surface area contributed by atoms with E-state index in [0.717, 1.165) is 6.42 Å². The second-order valence-electron chi connectivity index (χ2n) is 2.84. The van der Waals surface area contributed by atoms with E-state index in [-0.39, 0.29) is 5.97 Å². The maximum absolute atomic E-state index is 10.2. The van der Waals surface area contributed by atoms with E-state index >= 15 is 0 Å². The Morgan fingerprint density at radius 2 is 1.93 bits per heavy atom. The summed E-state index contributed by atoms with van der Waals surface area (Å²) in [5.74, 6) is -0.123. The molecule has 15 heavy (non-hydrogen) atoms. The highest BCUT2D eigenvalue weighted by Gasteiger charge is 1.92. The first kappa shape index (κ1) is 14.0. The molecule has 0 aliphatic carbocycles. The Bertz CT molecular complexity index is 260. The third kappa shape index (κ3) is 8.06. The van der Waals surface area contributed by atoms with Crippen LogP contribution >= 0.6 is 11.8 Å². The lowest BCUT2D eigenvalue weighted by molar-refractivity contribution is -0.140. The molecule has 0 saturated carbocycles. The van der Waals surface area contributed by atoms with Gasteiger partial charge in [-0.3, -0.25) is 4.79 Å². The first-order chi connectivity index (χ1) is 7.24. The molecule has 1 aromatic rings. The van der Waals surface area contributed by atoms with E-state index in [0.29, 0.717) is 6.42 Å². The molecule has 0 saturated heterocycles. The zero-order valence-electron chi connectivity index (χ0n) is 9.53. The highest BCUT2D eigenvalue weighted by molar-refractivity contribution is 7.98. The average molecular weight is 226 g/mol. The molecule has 1 rings (SSSR count). The number of esters is 1. The second kappa shape index (κ2) is 9.59. The van der Waals surface area contributed by atoms with E-state index in [1.165, 1.54) is 12.0 Å². The number of methoxy groups -OCH3 is 1. The molecule has 3 heteroatoms. The van der Waals surface area contributed by atoms with Gasteiger partial charge in [-0.15, -0.1) is 11.8 Å². The molecule has 1 aromatic carbocycles. The maximum atomic E-state index is 10.2. The van der Waals surface area contributed by atoms with Crippen molar-refractivity contribution >= 4 is 17.7 Å². The van der Waals surface area contributed by atoms with Gasteiger partial charge in [0.05, 0.1) is 7.11 Å². The monoisotopic (exact) mass is 226 g/mol. The lowest BCUT2D eigenvalue weighted by Crippen LogP contribution is -1.97. The molecule has 0 spiro atoms. The fourth-order valence-corrected chi connectivity index (χ4v) is 1.29. The fourth-order valence-electron chi connectivity index (χ4n) is 0.863. The van der Waals surface area contributed by atoms with Crippen molar-refractivity contribution in [3.8, 4) is 0 Å². The van der Waals surface area contributed by atoms with Crippen LogP contribution in [-0.2, 0) is 9.53 Å². The molecule has 0 N–H and O–H groups in total. The summed E-state index contributed by atoms with van der Waals surface area (Å²) >= 11 is 1.77. The third-order valence-corrected chi connectivity index (χ3v) is 2.40. The number of thioether (sulfide) groups is 1. The minimum Gasteiger partial charge on any atom is -0.469 e. The van der Waals surface area contributed by atoms with Crippen LogP contribution in [-0.4, -0.2) is 19.3 Å². The van der Waals surface area contributed by atoms with Crippen molar-refractivity contribution in [1.29, 1.82) is 0 Å². The largest absolute Gasteiger partial charge is 0.469 e. The van der Waals surface area contributed by atoms with E-state index < -0.39 is 0 Å². The number of hydrogen-bond donors (Lipinski definition) is 0. The van der Waals surface area contributed by atoms with Gasteiger partial charge in [-0.1, -0.05) is 25.1 Å². The molecular formula is C12H18O2S. The summed E-state index contributed by atoms with van der Waals surface area (Å²) in [6.45, 7) is 1.94. The molecule has 0 aromatic heterocycles. The highest BCUT2D eigenvalue weighted by atomic mass is 32.2. The Balaban J connectivity index is 0.000000265. The Hall–Kier alpha value is -0.960. The van der Waals surface area contributed by atoms with Crippen molar-refractivity contribution in [2.75, 3.05) is 13.4 Å². The Morgan fingerprint density at radius 3 is 2.20 bits per heavy atom. The molecule has 0 radical (unpaired) electrons. The first-order valence-electron chi connectivity index (χ1n) is 4.90. The number of carbonyl (C=O) groups is 1. The Morgan fingerprint density at radius 1 is 1.33 bits per heavy atom. The van der Waals surface area contributed by atoms with Crippen molar-refractivity contribution < 1.29 is 9.53 Å². The Kier molecular flexibility index (Phi) is 8.98. The standard InChI is InChI=1S/C7H8S.C5H10O2/c1-8-7-5-3-2-4-6-7;1-3-4-5(6)7-2/h2-6H,1H3;3-4H2,1-2H3. The van der Waals surface area contributed by atoms with Gasteiger partial charge in [-0.25, -0.2) is 0 Å². The molecule has 0 unspecified atom stereocenters. The van der Waals surface area contributed by atoms with Gasteiger partial charge in [0, 0.05) is 11.3 Å². The van der Waals surface area contributed by atoms with Gasteiger partial charge in [-0.2, -0.15) is 0 Å². The van der Waals surface area contributed by atoms with Gasteiger partial charge >= 0.3 is 5.97 Å². The number of rotatable bonds is 3. The van der Waals surface area contributed by atoms with Gasteiger partial charge in [0.1, 0.15) is 0 Å². The zero-order chi connectivity index (χ0) is 11.5. The van der Waals surface area contributed by atoms with Crippen molar-refractivity contribution in [1.82, 2.24) is 0 Å². The molecule has 0 aliphatic heterocycles. The number of carbonyl (C=O) groups excluding carboxylic acids is 1. The minimum absolute atomic E-state index is 0.123. The predicted octanol–water partition coefficient (Wildman–Crippen LogP) is 3.37. The van der Waals surface area contributed by atoms with Crippen LogP contribution in [0.5, 0.6) is 0 Å². The quantitative estimate of drug-likeness (QED) is 0.584. The summed E-state index contributed by atoms with van der Waals surface area (Å²) in [5.41, 5.74) is 0. The number of benzene rings is 1. The van der Waals surface area contributed by atoms with Crippen molar-refractivity contribution in [2.24, 2.45) is 0 Å². The van der Waals surface area contributed by atoms with Gasteiger partial charge in [-0.05, 0) is 24.8 Å². The summed E-state index contributed by atoms with van der Waals surface area (Å²) in [7, 11) is 1.40. The van der Waals surface area contributed by atoms with Crippen molar-refractivity contribution in [2.45, 2.75) is 24.7 Å². The summed E-state index contributed by atoms with van der Waals surface area (Å²) in [5, 5.41) is 0. The fraction of sp³-hybridized carbons (Fsp3) is 0.417. The van der Waals surface area contributed by atoms with Crippen molar-refractivity contribution in [3.05, 3.63) is 30.3 Å². The normalized spacial score (nSPS) is 8.73. The number of ether oxygens (including phenoxy) is 1. The van der Waals surface area contributed by atoms with Crippen LogP contribution in [0.3, 0.4) is 0 Å².